The van der Waals surface area contributed by atoms with Crippen LogP contribution in [0.15, 0.2) is 12.4 Å². The van der Waals surface area contributed by atoms with E-state index in [1.165, 1.54) is 6.42 Å². The lowest BCUT2D eigenvalue weighted by atomic mass is 10.0. The largest absolute Gasteiger partial charge is 0.381 e. The molecule has 0 spiro atoms. The standard InChI is InChI=1S/C15H26N4O/c1-3-14(16)7-13-8-17-15(18-9-13)19(2)10-12-5-4-6-20-11-12/h8-9,12,14H,3-7,10-11,16H2,1-2H3. The third kappa shape index (κ3) is 4.42. The van der Waals surface area contributed by atoms with Gasteiger partial charge in [0, 0.05) is 38.6 Å². The molecule has 2 rings (SSSR count). The molecular weight excluding hydrogens is 252 g/mol. The van der Waals surface area contributed by atoms with Gasteiger partial charge in [-0.2, -0.15) is 0 Å². The van der Waals surface area contributed by atoms with Crippen LogP contribution in [0.2, 0.25) is 0 Å². The first-order chi connectivity index (χ1) is 9.69. The molecule has 1 aliphatic rings. The highest BCUT2D eigenvalue weighted by molar-refractivity contribution is 5.28. The first-order valence-corrected chi connectivity index (χ1v) is 7.54. The molecule has 1 fully saturated rings. The van der Waals surface area contributed by atoms with Crippen molar-refractivity contribution < 1.29 is 4.74 Å². The number of nitrogens with zero attached hydrogens (tertiary/aromatic N) is 3. The van der Waals surface area contributed by atoms with Crippen LogP contribution < -0.4 is 10.6 Å². The first-order valence-electron chi connectivity index (χ1n) is 7.54. The zero-order valence-electron chi connectivity index (χ0n) is 12.6. The third-order valence-electron chi connectivity index (χ3n) is 3.84. The van der Waals surface area contributed by atoms with E-state index < -0.39 is 0 Å². The summed E-state index contributed by atoms with van der Waals surface area (Å²) in [5, 5.41) is 0. The van der Waals surface area contributed by atoms with Crippen molar-refractivity contribution in [2.24, 2.45) is 11.7 Å². The number of hydrogen-bond donors (Lipinski definition) is 1. The Balaban J connectivity index is 1.87. The molecule has 0 aliphatic carbocycles. The number of ether oxygens (including phenoxy) is 1. The van der Waals surface area contributed by atoms with Crippen LogP contribution >= 0.6 is 0 Å². The lowest BCUT2D eigenvalue weighted by molar-refractivity contribution is 0.0575. The molecule has 1 aliphatic heterocycles. The molecule has 112 valence electrons. The fraction of sp³-hybridized carbons (Fsp3) is 0.733. The Morgan fingerprint density at radius 3 is 2.80 bits per heavy atom. The molecule has 20 heavy (non-hydrogen) atoms. The highest BCUT2D eigenvalue weighted by Crippen LogP contribution is 2.16. The Bertz CT molecular complexity index is 389. The predicted molar refractivity (Wildman–Crippen MR) is 80.8 cm³/mol. The minimum Gasteiger partial charge on any atom is -0.381 e. The zero-order chi connectivity index (χ0) is 14.4. The lowest BCUT2D eigenvalue weighted by Crippen LogP contribution is -2.31. The number of nitrogens with two attached hydrogens (primary N) is 1. The molecule has 2 heterocycles. The first kappa shape index (κ1) is 15.2. The second-order valence-corrected chi connectivity index (χ2v) is 5.73. The SMILES string of the molecule is CCC(N)Cc1cnc(N(C)CC2CCCOC2)nc1. The van der Waals surface area contributed by atoms with E-state index in [0.29, 0.717) is 5.92 Å². The summed E-state index contributed by atoms with van der Waals surface area (Å²) < 4.78 is 5.51. The van der Waals surface area contributed by atoms with Gasteiger partial charge in [0.1, 0.15) is 0 Å². The monoisotopic (exact) mass is 278 g/mol. The highest BCUT2D eigenvalue weighted by Gasteiger charge is 2.17. The van der Waals surface area contributed by atoms with Gasteiger partial charge in [0.05, 0.1) is 6.61 Å². The van der Waals surface area contributed by atoms with Crippen molar-refractivity contribution in [1.82, 2.24) is 9.97 Å². The van der Waals surface area contributed by atoms with Crippen LogP contribution in [0.3, 0.4) is 0 Å². The van der Waals surface area contributed by atoms with E-state index in [9.17, 15) is 0 Å². The summed E-state index contributed by atoms with van der Waals surface area (Å²) in [6.07, 6.45) is 8.00. The van der Waals surface area contributed by atoms with Gasteiger partial charge in [-0.3, -0.25) is 0 Å². The van der Waals surface area contributed by atoms with Crippen molar-refractivity contribution in [3.05, 3.63) is 18.0 Å². The molecule has 1 aromatic heterocycles. The molecule has 2 atom stereocenters. The predicted octanol–water partition coefficient (Wildman–Crippen LogP) is 1.62. The summed E-state index contributed by atoms with van der Waals surface area (Å²) in [7, 11) is 2.04. The van der Waals surface area contributed by atoms with Crippen LogP contribution in [0.1, 0.15) is 31.7 Å². The summed E-state index contributed by atoms with van der Waals surface area (Å²) in [6.45, 7) is 4.81. The summed E-state index contributed by atoms with van der Waals surface area (Å²) in [5.41, 5.74) is 7.06. The highest BCUT2D eigenvalue weighted by atomic mass is 16.5. The van der Waals surface area contributed by atoms with E-state index in [1.807, 2.05) is 19.4 Å². The molecule has 0 amide bonds. The molecule has 5 heteroatoms. The Labute approximate surface area is 121 Å². The second-order valence-electron chi connectivity index (χ2n) is 5.73. The quantitative estimate of drug-likeness (QED) is 0.856. The van der Waals surface area contributed by atoms with Crippen LogP contribution in [0.25, 0.3) is 0 Å². The van der Waals surface area contributed by atoms with Crippen molar-refractivity contribution >= 4 is 5.95 Å². The summed E-state index contributed by atoms with van der Waals surface area (Å²) in [6, 6.07) is 0.196. The summed E-state index contributed by atoms with van der Waals surface area (Å²) in [5.74, 6) is 1.37. The Morgan fingerprint density at radius 1 is 1.45 bits per heavy atom. The zero-order valence-corrected chi connectivity index (χ0v) is 12.6. The van der Waals surface area contributed by atoms with Crippen molar-refractivity contribution in [2.45, 2.75) is 38.6 Å². The molecule has 2 N–H and O–H groups in total. The fourth-order valence-electron chi connectivity index (χ4n) is 2.52. The van der Waals surface area contributed by atoms with Crippen molar-refractivity contribution in [1.29, 1.82) is 0 Å². The molecule has 5 nitrogen and oxygen atoms in total. The van der Waals surface area contributed by atoms with Gasteiger partial charge < -0.3 is 15.4 Å². The average molecular weight is 278 g/mol. The number of hydrogen-bond acceptors (Lipinski definition) is 5. The van der Waals surface area contributed by atoms with Gasteiger partial charge in [-0.15, -0.1) is 0 Å². The van der Waals surface area contributed by atoms with E-state index in [0.717, 1.165) is 50.5 Å². The Morgan fingerprint density at radius 2 is 2.20 bits per heavy atom. The maximum atomic E-state index is 5.95. The van der Waals surface area contributed by atoms with Crippen LogP contribution in [-0.4, -0.2) is 42.8 Å². The second kappa shape index (κ2) is 7.55. The fourth-order valence-corrected chi connectivity index (χ4v) is 2.52. The molecule has 2 unspecified atom stereocenters. The van der Waals surface area contributed by atoms with Gasteiger partial charge in [-0.25, -0.2) is 9.97 Å². The minimum absolute atomic E-state index is 0.196. The average Bonchev–Trinajstić information content (AvgIpc) is 2.49. The Hall–Kier alpha value is -1.20. The van der Waals surface area contributed by atoms with Crippen molar-refractivity contribution in [2.75, 3.05) is 31.7 Å². The van der Waals surface area contributed by atoms with Gasteiger partial charge >= 0.3 is 0 Å². The molecule has 0 radical (unpaired) electrons. The normalized spacial score (nSPS) is 20.6. The van der Waals surface area contributed by atoms with E-state index in [1.54, 1.807) is 0 Å². The summed E-state index contributed by atoms with van der Waals surface area (Å²) in [4.78, 5) is 11.0. The van der Waals surface area contributed by atoms with Crippen LogP contribution in [0, 0.1) is 5.92 Å². The number of rotatable bonds is 6. The van der Waals surface area contributed by atoms with Gasteiger partial charge in [0.2, 0.25) is 5.95 Å². The molecule has 1 aromatic rings. The van der Waals surface area contributed by atoms with E-state index in [2.05, 4.69) is 21.8 Å². The van der Waals surface area contributed by atoms with Gasteiger partial charge in [-0.1, -0.05) is 6.92 Å². The van der Waals surface area contributed by atoms with Crippen molar-refractivity contribution in [3.8, 4) is 0 Å². The molecular formula is C15H26N4O. The minimum atomic E-state index is 0.196. The van der Waals surface area contributed by atoms with Crippen LogP contribution in [0.4, 0.5) is 5.95 Å². The maximum Gasteiger partial charge on any atom is 0.225 e. The van der Waals surface area contributed by atoms with Gasteiger partial charge in [-0.05, 0) is 37.2 Å². The number of anilines is 1. The number of aromatic nitrogens is 2. The van der Waals surface area contributed by atoms with Crippen LogP contribution in [-0.2, 0) is 11.2 Å². The Kier molecular flexibility index (Phi) is 5.73. The van der Waals surface area contributed by atoms with Gasteiger partial charge in [0.15, 0.2) is 0 Å². The third-order valence-corrected chi connectivity index (χ3v) is 3.84. The topological polar surface area (TPSA) is 64.3 Å². The van der Waals surface area contributed by atoms with Crippen molar-refractivity contribution in [3.63, 3.8) is 0 Å². The summed E-state index contributed by atoms with van der Waals surface area (Å²) >= 11 is 0. The molecule has 0 saturated carbocycles. The lowest BCUT2D eigenvalue weighted by Gasteiger charge is -2.27. The van der Waals surface area contributed by atoms with E-state index in [-0.39, 0.29) is 6.04 Å². The van der Waals surface area contributed by atoms with Gasteiger partial charge in [0.25, 0.3) is 0 Å². The van der Waals surface area contributed by atoms with E-state index >= 15 is 0 Å². The molecule has 0 bridgehead atoms. The molecule has 1 saturated heterocycles. The smallest absolute Gasteiger partial charge is 0.225 e. The molecule has 0 aromatic carbocycles. The van der Waals surface area contributed by atoms with Crippen LogP contribution in [0.5, 0.6) is 0 Å². The van der Waals surface area contributed by atoms with E-state index in [4.69, 9.17) is 10.5 Å². The maximum absolute atomic E-state index is 5.95.